The fourth-order valence-corrected chi connectivity index (χ4v) is 2.71. The van der Waals surface area contributed by atoms with Gasteiger partial charge < -0.3 is 5.32 Å². The van der Waals surface area contributed by atoms with E-state index in [9.17, 15) is 13.2 Å². The normalized spacial score (nSPS) is 22.3. The second-order valence-electron chi connectivity index (χ2n) is 3.79. The molecule has 6 heteroatoms. The molecule has 1 aliphatic heterocycles. The summed E-state index contributed by atoms with van der Waals surface area (Å²) in [7, 11) is -3.42. The number of sulfonamides is 1. The summed E-state index contributed by atoms with van der Waals surface area (Å²) >= 11 is 0. The molecule has 0 saturated carbocycles. The standard InChI is InChI=1S/C9H18N2O3S/c1-2-7-15(13,14)11-9(12)8-5-3-4-6-10-8/h8,10H,2-7H2,1H3,(H,11,12)/t8-/m0/s1. The summed E-state index contributed by atoms with van der Waals surface area (Å²) in [4.78, 5) is 11.5. The van der Waals surface area contributed by atoms with Gasteiger partial charge in [0.15, 0.2) is 0 Å². The maximum atomic E-state index is 11.5. The van der Waals surface area contributed by atoms with Crippen LogP contribution in [0.3, 0.4) is 0 Å². The van der Waals surface area contributed by atoms with Crippen LogP contribution in [0.2, 0.25) is 0 Å². The van der Waals surface area contributed by atoms with Gasteiger partial charge >= 0.3 is 0 Å². The third-order valence-corrected chi connectivity index (χ3v) is 3.81. The van der Waals surface area contributed by atoms with Crippen molar-refractivity contribution >= 4 is 15.9 Å². The maximum absolute atomic E-state index is 11.5. The fourth-order valence-electron chi connectivity index (χ4n) is 1.62. The molecule has 88 valence electrons. The third-order valence-electron chi connectivity index (χ3n) is 2.36. The van der Waals surface area contributed by atoms with E-state index in [1.165, 1.54) is 0 Å². The first-order chi connectivity index (χ1) is 7.05. The third kappa shape index (κ3) is 4.17. The second kappa shape index (κ2) is 5.46. The zero-order chi connectivity index (χ0) is 11.3. The molecule has 0 aliphatic carbocycles. The first kappa shape index (κ1) is 12.4. The Kier molecular flexibility index (Phi) is 4.53. The van der Waals surface area contributed by atoms with Gasteiger partial charge in [0.25, 0.3) is 5.91 Å². The van der Waals surface area contributed by atoms with Crippen molar-refractivity contribution < 1.29 is 13.2 Å². The first-order valence-electron chi connectivity index (χ1n) is 5.33. The first-order valence-corrected chi connectivity index (χ1v) is 6.98. The number of rotatable bonds is 4. The molecule has 0 aromatic rings. The van der Waals surface area contributed by atoms with E-state index in [2.05, 4.69) is 10.0 Å². The van der Waals surface area contributed by atoms with Crippen LogP contribution in [0.4, 0.5) is 0 Å². The van der Waals surface area contributed by atoms with E-state index in [0.29, 0.717) is 12.8 Å². The van der Waals surface area contributed by atoms with Crippen molar-refractivity contribution in [2.45, 2.75) is 38.6 Å². The Morgan fingerprint density at radius 3 is 2.73 bits per heavy atom. The predicted octanol–water partition coefficient (Wildman–Crippen LogP) is -0.0155. The fraction of sp³-hybridized carbons (Fsp3) is 0.889. The summed E-state index contributed by atoms with van der Waals surface area (Å²) < 4.78 is 24.7. The molecule has 1 amide bonds. The smallest absolute Gasteiger partial charge is 0.250 e. The molecule has 1 atom stereocenters. The van der Waals surface area contributed by atoms with Crippen LogP contribution < -0.4 is 10.0 Å². The van der Waals surface area contributed by atoms with Crippen LogP contribution in [0.1, 0.15) is 32.6 Å². The highest BCUT2D eigenvalue weighted by Gasteiger charge is 2.23. The predicted molar refractivity (Wildman–Crippen MR) is 57.9 cm³/mol. The van der Waals surface area contributed by atoms with Crippen LogP contribution >= 0.6 is 0 Å². The summed E-state index contributed by atoms with van der Waals surface area (Å²) in [6, 6.07) is -0.342. The van der Waals surface area contributed by atoms with E-state index in [4.69, 9.17) is 0 Å². The average molecular weight is 234 g/mol. The monoisotopic (exact) mass is 234 g/mol. The van der Waals surface area contributed by atoms with Crippen molar-refractivity contribution in [3.05, 3.63) is 0 Å². The number of hydrogen-bond acceptors (Lipinski definition) is 4. The zero-order valence-electron chi connectivity index (χ0n) is 8.95. The van der Waals surface area contributed by atoms with Crippen molar-refractivity contribution in [3.63, 3.8) is 0 Å². The van der Waals surface area contributed by atoms with Crippen molar-refractivity contribution in [1.82, 2.24) is 10.0 Å². The molecule has 0 unspecified atom stereocenters. The van der Waals surface area contributed by atoms with E-state index >= 15 is 0 Å². The summed E-state index contributed by atoms with van der Waals surface area (Å²) in [5.74, 6) is -0.408. The Bertz CT molecular complexity index is 307. The molecule has 1 saturated heterocycles. The van der Waals surface area contributed by atoms with Crippen LogP contribution in [0, 0.1) is 0 Å². The number of carbonyl (C=O) groups excluding carboxylic acids is 1. The number of carbonyl (C=O) groups is 1. The molecule has 2 N–H and O–H groups in total. The Morgan fingerprint density at radius 2 is 2.20 bits per heavy atom. The topological polar surface area (TPSA) is 75.3 Å². The van der Waals surface area contributed by atoms with Gasteiger partial charge in [-0.05, 0) is 25.8 Å². The van der Waals surface area contributed by atoms with Gasteiger partial charge in [0.2, 0.25) is 10.0 Å². The Labute approximate surface area is 90.7 Å². The number of amides is 1. The molecule has 5 nitrogen and oxygen atoms in total. The highest BCUT2D eigenvalue weighted by atomic mass is 32.2. The molecule has 1 heterocycles. The molecule has 15 heavy (non-hydrogen) atoms. The largest absolute Gasteiger partial charge is 0.306 e. The van der Waals surface area contributed by atoms with Gasteiger partial charge in [0.05, 0.1) is 11.8 Å². The lowest BCUT2D eigenvalue weighted by Gasteiger charge is -2.22. The van der Waals surface area contributed by atoms with Crippen molar-refractivity contribution in [2.75, 3.05) is 12.3 Å². The molecular weight excluding hydrogens is 216 g/mol. The number of piperidine rings is 1. The van der Waals surface area contributed by atoms with E-state index in [1.54, 1.807) is 6.92 Å². The SMILES string of the molecule is CCCS(=O)(=O)NC(=O)[C@@H]1CCCCN1. The van der Waals surface area contributed by atoms with Gasteiger partial charge in [0, 0.05) is 0 Å². The van der Waals surface area contributed by atoms with Gasteiger partial charge in [-0.2, -0.15) is 0 Å². The molecule has 0 radical (unpaired) electrons. The van der Waals surface area contributed by atoms with Gasteiger partial charge in [0.1, 0.15) is 0 Å². The highest BCUT2D eigenvalue weighted by molar-refractivity contribution is 7.90. The Balaban J connectivity index is 2.47. The lowest BCUT2D eigenvalue weighted by molar-refractivity contribution is -0.121. The van der Waals surface area contributed by atoms with Gasteiger partial charge in [-0.1, -0.05) is 13.3 Å². The van der Waals surface area contributed by atoms with Crippen LogP contribution in [0.25, 0.3) is 0 Å². The number of nitrogens with one attached hydrogen (secondary N) is 2. The summed E-state index contributed by atoms with van der Waals surface area (Å²) in [6.07, 6.45) is 3.25. The van der Waals surface area contributed by atoms with Gasteiger partial charge in [-0.3, -0.25) is 9.52 Å². The van der Waals surface area contributed by atoms with Crippen LogP contribution in [-0.4, -0.2) is 32.7 Å². The maximum Gasteiger partial charge on any atom is 0.250 e. The minimum absolute atomic E-state index is 0.00542. The molecule has 0 aromatic carbocycles. The highest BCUT2D eigenvalue weighted by Crippen LogP contribution is 2.07. The van der Waals surface area contributed by atoms with Crippen molar-refractivity contribution in [3.8, 4) is 0 Å². The molecule has 1 rings (SSSR count). The number of hydrogen-bond donors (Lipinski definition) is 2. The van der Waals surface area contributed by atoms with Crippen LogP contribution in [0.15, 0.2) is 0 Å². The second-order valence-corrected chi connectivity index (χ2v) is 5.63. The lowest BCUT2D eigenvalue weighted by Crippen LogP contribution is -2.48. The molecule has 0 bridgehead atoms. The average Bonchev–Trinajstić information content (AvgIpc) is 2.18. The minimum Gasteiger partial charge on any atom is -0.306 e. The Hall–Kier alpha value is -0.620. The summed E-state index contributed by atoms with van der Waals surface area (Å²) in [5, 5.41) is 3.01. The summed E-state index contributed by atoms with van der Waals surface area (Å²) in [5.41, 5.74) is 0. The van der Waals surface area contributed by atoms with E-state index < -0.39 is 15.9 Å². The zero-order valence-corrected chi connectivity index (χ0v) is 9.77. The van der Waals surface area contributed by atoms with Crippen LogP contribution in [-0.2, 0) is 14.8 Å². The van der Waals surface area contributed by atoms with Gasteiger partial charge in [-0.15, -0.1) is 0 Å². The summed E-state index contributed by atoms with van der Waals surface area (Å²) in [6.45, 7) is 2.55. The molecule has 0 spiro atoms. The van der Waals surface area contributed by atoms with Crippen molar-refractivity contribution in [2.24, 2.45) is 0 Å². The molecule has 0 aromatic heterocycles. The molecule has 1 aliphatic rings. The minimum atomic E-state index is -3.42. The Morgan fingerprint density at radius 1 is 1.47 bits per heavy atom. The quantitative estimate of drug-likeness (QED) is 0.717. The molecular formula is C9H18N2O3S. The van der Waals surface area contributed by atoms with Crippen LogP contribution in [0.5, 0.6) is 0 Å². The van der Waals surface area contributed by atoms with Gasteiger partial charge in [-0.25, -0.2) is 8.42 Å². The van der Waals surface area contributed by atoms with E-state index in [1.807, 2.05) is 0 Å². The van der Waals surface area contributed by atoms with E-state index in [0.717, 1.165) is 19.4 Å². The van der Waals surface area contributed by atoms with Crippen molar-refractivity contribution in [1.29, 1.82) is 0 Å². The molecule has 1 fully saturated rings. The lowest BCUT2D eigenvalue weighted by atomic mass is 10.1. The van der Waals surface area contributed by atoms with E-state index in [-0.39, 0.29) is 11.8 Å².